The van der Waals surface area contributed by atoms with Crippen LogP contribution in [-0.4, -0.2) is 27.0 Å². The molecule has 15 heavy (non-hydrogen) atoms. The van der Waals surface area contributed by atoms with E-state index in [0.717, 1.165) is 23.4 Å². The minimum atomic E-state index is -0.0248. The molecule has 0 aromatic carbocycles. The number of halogens is 1. The van der Waals surface area contributed by atoms with E-state index in [9.17, 15) is 0 Å². The summed E-state index contributed by atoms with van der Waals surface area (Å²) in [7, 11) is 1.90. The zero-order valence-electron chi connectivity index (χ0n) is 9.07. The Morgan fingerprint density at radius 1 is 1.67 bits per heavy atom. The molecule has 0 bridgehead atoms. The molecule has 1 aliphatic rings. The topological polar surface area (TPSA) is 39.4 Å². The zero-order chi connectivity index (χ0) is 11.0. The molecule has 1 aliphatic heterocycles. The van der Waals surface area contributed by atoms with Gasteiger partial charge in [0.15, 0.2) is 0 Å². The smallest absolute Gasteiger partial charge is 0.149 e. The summed E-state index contributed by atoms with van der Waals surface area (Å²) >= 11 is 5.96. The van der Waals surface area contributed by atoms with Crippen molar-refractivity contribution in [3.8, 4) is 0 Å². The number of aromatic nitrogens is 2. The molecule has 1 aromatic rings. The van der Waals surface area contributed by atoms with Crippen LogP contribution < -0.4 is 0 Å². The standard InChI is InChI=1S/C10H14ClN3O/c1-6(11)10-4-9(13-15-10)8-5-14(3)12-7(8)2/h5-6,10H,4H2,1-3H3. The van der Waals surface area contributed by atoms with Gasteiger partial charge >= 0.3 is 0 Å². The molecule has 0 radical (unpaired) electrons. The fraction of sp³-hybridized carbons (Fsp3) is 0.600. The van der Waals surface area contributed by atoms with Crippen LogP contribution in [0.1, 0.15) is 24.6 Å². The predicted octanol–water partition coefficient (Wildman–Crippen LogP) is 1.85. The van der Waals surface area contributed by atoms with Gasteiger partial charge in [-0.2, -0.15) is 5.10 Å². The van der Waals surface area contributed by atoms with Crippen LogP contribution in [0.4, 0.5) is 0 Å². The number of rotatable bonds is 2. The second-order valence-corrected chi connectivity index (χ2v) is 4.55. The highest BCUT2D eigenvalue weighted by molar-refractivity contribution is 6.21. The largest absolute Gasteiger partial charge is 0.390 e. The molecule has 2 heterocycles. The zero-order valence-corrected chi connectivity index (χ0v) is 9.82. The Balaban J connectivity index is 2.17. The number of nitrogens with zero attached hydrogens (tertiary/aromatic N) is 3. The van der Waals surface area contributed by atoms with E-state index in [-0.39, 0.29) is 11.5 Å². The van der Waals surface area contributed by atoms with Gasteiger partial charge in [-0.25, -0.2) is 0 Å². The van der Waals surface area contributed by atoms with E-state index >= 15 is 0 Å². The van der Waals surface area contributed by atoms with Crippen molar-refractivity contribution in [2.75, 3.05) is 0 Å². The number of oxime groups is 1. The first kappa shape index (κ1) is 10.5. The Hall–Kier alpha value is -1.03. The number of hydrogen-bond acceptors (Lipinski definition) is 3. The maximum absolute atomic E-state index is 5.96. The lowest BCUT2D eigenvalue weighted by Gasteiger charge is -2.08. The van der Waals surface area contributed by atoms with Crippen molar-refractivity contribution in [3.63, 3.8) is 0 Å². The Labute approximate surface area is 93.9 Å². The van der Waals surface area contributed by atoms with E-state index in [2.05, 4.69) is 10.3 Å². The molecule has 1 aromatic heterocycles. The molecule has 2 rings (SSSR count). The Bertz CT molecular complexity index is 397. The van der Waals surface area contributed by atoms with Crippen molar-refractivity contribution in [1.29, 1.82) is 0 Å². The second kappa shape index (κ2) is 3.85. The second-order valence-electron chi connectivity index (χ2n) is 3.87. The fourth-order valence-electron chi connectivity index (χ4n) is 1.68. The van der Waals surface area contributed by atoms with E-state index in [0.29, 0.717) is 0 Å². The Morgan fingerprint density at radius 2 is 2.40 bits per heavy atom. The van der Waals surface area contributed by atoms with Gasteiger partial charge in [-0.1, -0.05) is 5.16 Å². The highest BCUT2D eigenvalue weighted by Gasteiger charge is 2.27. The molecule has 2 unspecified atom stereocenters. The van der Waals surface area contributed by atoms with Crippen LogP contribution in [0, 0.1) is 6.92 Å². The van der Waals surface area contributed by atoms with Crippen LogP contribution in [0.3, 0.4) is 0 Å². The first-order valence-corrected chi connectivity index (χ1v) is 5.39. The van der Waals surface area contributed by atoms with Crippen LogP contribution in [0.25, 0.3) is 0 Å². The lowest BCUT2D eigenvalue weighted by molar-refractivity contribution is 0.0855. The summed E-state index contributed by atoms with van der Waals surface area (Å²) in [5.41, 5.74) is 2.97. The molecule has 2 atom stereocenters. The van der Waals surface area contributed by atoms with Gasteiger partial charge in [0.25, 0.3) is 0 Å². The predicted molar refractivity (Wildman–Crippen MR) is 59.3 cm³/mol. The molecular weight excluding hydrogens is 214 g/mol. The van der Waals surface area contributed by atoms with Crippen LogP contribution in [-0.2, 0) is 11.9 Å². The molecule has 0 amide bonds. The van der Waals surface area contributed by atoms with Gasteiger partial charge in [0.2, 0.25) is 0 Å². The number of aryl methyl sites for hydroxylation is 2. The minimum absolute atomic E-state index is 0.0127. The highest BCUT2D eigenvalue weighted by Crippen LogP contribution is 2.22. The average molecular weight is 228 g/mol. The maximum Gasteiger partial charge on any atom is 0.149 e. The van der Waals surface area contributed by atoms with Crippen molar-refractivity contribution in [2.45, 2.75) is 31.7 Å². The van der Waals surface area contributed by atoms with Gasteiger partial charge in [-0.05, 0) is 13.8 Å². The molecule has 0 spiro atoms. The summed E-state index contributed by atoms with van der Waals surface area (Å²) in [4.78, 5) is 5.26. The van der Waals surface area contributed by atoms with Crippen LogP contribution in [0.15, 0.2) is 11.4 Å². The summed E-state index contributed by atoms with van der Waals surface area (Å²) in [6, 6.07) is 0. The third kappa shape index (κ3) is 2.00. The van der Waals surface area contributed by atoms with E-state index in [1.54, 1.807) is 4.68 Å². The summed E-state index contributed by atoms with van der Waals surface area (Å²) in [6.07, 6.45) is 2.71. The maximum atomic E-state index is 5.96. The first-order valence-electron chi connectivity index (χ1n) is 4.95. The van der Waals surface area contributed by atoms with E-state index < -0.39 is 0 Å². The lowest BCUT2D eigenvalue weighted by Crippen LogP contribution is -2.18. The minimum Gasteiger partial charge on any atom is -0.390 e. The summed E-state index contributed by atoms with van der Waals surface area (Å²) in [5.74, 6) is 0. The van der Waals surface area contributed by atoms with Crippen molar-refractivity contribution >= 4 is 17.3 Å². The molecule has 0 N–H and O–H groups in total. The molecule has 5 heteroatoms. The molecule has 0 fully saturated rings. The summed E-state index contributed by atoms with van der Waals surface area (Å²) < 4.78 is 1.78. The van der Waals surface area contributed by atoms with Gasteiger partial charge < -0.3 is 4.84 Å². The summed E-state index contributed by atoms with van der Waals surface area (Å²) in [5, 5.41) is 8.31. The third-order valence-corrected chi connectivity index (χ3v) is 2.81. The van der Waals surface area contributed by atoms with E-state index in [1.165, 1.54) is 0 Å². The van der Waals surface area contributed by atoms with Crippen LogP contribution >= 0.6 is 11.6 Å². The van der Waals surface area contributed by atoms with Crippen LogP contribution in [0.2, 0.25) is 0 Å². The molecule has 0 saturated carbocycles. The van der Waals surface area contributed by atoms with Gasteiger partial charge in [-0.3, -0.25) is 4.68 Å². The van der Waals surface area contributed by atoms with Crippen molar-refractivity contribution in [2.24, 2.45) is 12.2 Å². The van der Waals surface area contributed by atoms with Crippen molar-refractivity contribution < 1.29 is 4.84 Å². The van der Waals surface area contributed by atoms with Gasteiger partial charge in [0.1, 0.15) is 6.10 Å². The molecule has 0 saturated heterocycles. The molecule has 82 valence electrons. The van der Waals surface area contributed by atoms with Crippen LogP contribution in [0.5, 0.6) is 0 Å². The van der Waals surface area contributed by atoms with Gasteiger partial charge in [0.05, 0.1) is 16.8 Å². The number of alkyl halides is 1. The van der Waals surface area contributed by atoms with E-state index in [4.69, 9.17) is 16.4 Å². The molecule has 4 nitrogen and oxygen atoms in total. The van der Waals surface area contributed by atoms with Crippen molar-refractivity contribution in [3.05, 3.63) is 17.5 Å². The fourth-order valence-corrected chi connectivity index (χ4v) is 1.82. The monoisotopic (exact) mass is 227 g/mol. The highest BCUT2D eigenvalue weighted by atomic mass is 35.5. The quantitative estimate of drug-likeness (QED) is 0.724. The summed E-state index contributed by atoms with van der Waals surface area (Å²) in [6.45, 7) is 3.89. The van der Waals surface area contributed by atoms with E-state index in [1.807, 2.05) is 27.1 Å². The first-order chi connectivity index (χ1) is 7.08. The third-order valence-electron chi connectivity index (χ3n) is 2.53. The average Bonchev–Trinajstić information content (AvgIpc) is 2.71. The molecular formula is C10H14ClN3O. The van der Waals surface area contributed by atoms with Gasteiger partial charge in [0, 0.05) is 25.2 Å². The SMILES string of the molecule is Cc1nn(C)cc1C1=NOC(C(C)Cl)C1. The number of hydrogen-bond donors (Lipinski definition) is 0. The van der Waals surface area contributed by atoms with Crippen molar-refractivity contribution in [1.82, 2.24) is 9.78 Å². The lowest BCUT2D eigenvalue weighted by atomic mass is 10.0. The molecule has 0 aliphatic carbocycles. The normalized spacial score (nSPS) is 22.4. The van der Waals surface area contributed by atoms with Gasteiger partial charge in [-0.15, -0.1) is 11.6 Å². The Morgan fingerprint density at radius 3 is 2.87 bits per heavy atom. The Kier molecular flexibility index (Phi) is 2.69.